The molecule has 212 valence electrons. The van der Waals surface area contributed by atoms with Gasteiger partial charge in [0.15, 0.2) is 0 Å². The predicted molar refractivity (Wildman–Crippen MR) is 158 cm³/mol. The number of nitrogens with one attached hydrogen (secondary N) is 4. The summed E-state index contributed by atoms with van der Waals surface area (Å²) in [5, 5.41) is 11.7. The Bertz CT molecular complexity index is 1490. The molecule has 3 rings (SSSR count). The fourth-order valence-electron chi connectivity index (χ4n) is 3.50. The van der Waals surface area contributed by atoms with E-state index in [1.807, 2.05) is 6.92 Å². The van der Waals surface area contributed by atoms with Crippen LogP contribution >= 0.6 is 0 Å². The molecule has 1 aromatic heterocycles. The van der Waals surface area contributed by atoms with E-state index in [0.29, 0.717) is 35.0 Å². The Morgan fingerprint density at radius 3 is 2.34 bits per heavy atom. The molecule has 0 unspecified atom stereocenters. The first kappa shape index (κ1) is 30.1. The Hall–Kier alpha value is -5.44. The molecule has 0 fully saturated rings. The van der Waals surface area contributed by atoms with E-state index >= 15 is 0 Å². The van der Waals surface area contributed by atoms with Gasteiger partial charge >= 0.3 is 0 Å². The van der Waals surface area contributed by atoms with Crippen LogP contribution in [0.25, 0.3) is 0 Å². The molecule has 0 saturated carbocycles. The molecule has 0 radical (unpaired) electrons. The van der Waals surface area contributed by atoms with Gasteiger partial charge in [0.25, 0.3) is 11.8 Å². The number of nitrogens with two attached hydrogens (primary N) is 1. The summed E-state index contributed by atoms with van der Waals surface area (Å²) < 4.78 is 0. The van der Waals surface area contributed by atoms with Crippen LogP contribution in [0.1, 0.15) is 47.9 Å². The molecule has 12 heteroatoms. The molecule has 0 aliphatic heterocycles. The highest BCUT2D eigenvalue weighted by molar-refractivity contribution is 6.08. The molecular weight excluding hydrogens is 524 g/mol. The van der Waals surface area contributed by atoms with Crippen LogP contribution in [0, 0.1) is 11.8 Å². The summed E-state index contributed by atoms with van der Waals surface area (Å²) in [6, 6.07) is 12.4. The maximum absolute atomic E-state index is 13.2. The topological polar surface area (TPSA) is 171 Å². The lowest BCUT2D eigenvalue weighted by Gasteiger charge is -2.22. The molecule has 0 spiro atoms. The van der Waals surface area contributed by atoms with Crippen molar-refractivity contribution in [3.05, 3.63) is 65.9 Å². The van der Waals surface area contributed by atoms with Crippen LogP contribution in [0.15, 0.2) is 54.7 Å². The van der Waals surface area contributed by atoms with Crippen LogP contribution in [-0.2, 0) is 9.59 Å². The van der Waals surface area contributed by atoms with Gasteiger partial charge in [-0.15, -0.1) is 0 Å². The van der Waals surface area contributed by atoms with E-state index in [1.165, 1.54) is 18.1 Å². The van der Waals surface area contributed by atoms with Gasteiger partial charge in [-0.25, -0.2) is 4.98 Å². The van der Waals surface area contributed by atoms with Gasteiger partial charge in [0.1, 0.15) is 17.4 Å². The number of amides is 4. The molecule has 41 heavy (non-hydrogen) atoms. The van der Waals surface area contributed by atoms with E-state index in [4.69, 9.17) is 5.73 Å². The number of primary amides is 1. The number of carbonyl (C=O) groups excluding carboxylic acids is 4. The zero-order valence-electron chi connectivity index (χ0n) is 23.2. The molecular formula is C29H32N8O4. The van der Waals surface area contributed by atoms with E-state index < -0.39 is 29.7 Å². The van der Waals surface area contributed by atoms with E-state index in [0.717, 1.165) is 6.42 Å². The maximum atomic E-state index is 13.2. The summed E-state index contributed by atoms with van der Waals surface area (Å²) in [5.74, 6) is 3.65. The lowest BCUT2D eigenvalue weighted by Crippen LogP contribution is -2.42. The summed E-state index contributed by atoms with van der Waals surface area (Å²) in [5.41, 5.74) is 7.38. The highest BCUT2D eigenvalue weighted by atomic mass is 16.2. The number of anilines is 5. The van der Waals surface area contributed by atoms with Gasteiger partial charge in [0.2, 0.25) is 17.8 Å². The van der Waals surface area contributed by atoms with Crippen LogP contribution in [0.2, 0.25) is 0 Å². The molecule has 1 heterocycles. The standard InChI is InChI=1S/C29H32N8O4/c1-5-8-24(38)37(4)18(3)27(40)33-21-9-7-10-22(16-21)34-28(41)23-17-32-29(36-26(23)31-15-6-2)35-20-13-11-19(12-14-20)25(30)39/h7,9-14,16-18H,6,15H2,1-4H3,(H2,30,39)(H,33,40)(H,34,41)(H2,31,32,35,36)/t18-/m0/s1. The number of hydrogen-bond donors (Lipinski definition) is 5. The normalized spacial score (nSPS) is 10.8. The minimum Gasteiger partial charge on any atom is -0.369 e. The van der Waals surface area contributed by atoms with E-state index in [2.05, 4.69) is 43.1 Å². The molecule has 4 amide bonds. The van der Waals surface area contributed by atoms with Crippen LogP contribution < -0.4 is 27.0 Å². The Morgan fingerprint density at radius 1 is 1.02 bits per heavy atom. The van der Waals surface area contributed by atoms with Gasteiger partial charge in [-0.05, 0) is 68.7 Å². The molecule has 12 nitrogen and oxygen atoms in total. The van der Waals surface area contributed by atoms with Crippen molar-refractivity contribution >= 4 is 52.5 Å². The van der Waals surface area contributed by atoms with Crippen LogP contribution in [0.5, 0.6) is 0 Å². The SMILES string of the molecule is CC#CC(=O)N(C)[C@@H](C)C(=O)Nc1cccc(NC(=O)c2cnc(Nc3ccc(C(N)=O)cc3)nc2NCCC)c1. The molecule has 0 bridgehead atoms. The zero-order valence-corrected chi connectivity index (χ0v) is 23.2. The third kappa shape index (κ3) is 8.27. The van der Waals surface area contributed by atoms with Gasteiger partial charge < -0.3 is 31.9 Å². The van der Waals surface area contributed by atoms with Crippen molar-refractivity contribution in [1.29, 1.82) is 0 Å². The number of rotatable bonds is 11. The summed E-state index contributed by atoms with van der Waals surface area (Å²) in [6.45, 7) is 5.70. The Balaban J connectivity index is 1.74. The minimum absolute atomic E-state index is 0.216. The number of likely N-dealkylation sites (N-methyl/N-ethyl adjacent to an activating group) is 1. The molecule has 2 aromatic carbocycles. The van der Waals surface area contributed by atoms with Crippen molar-refractivity contribution in [2.24, 2.45) is 5.73 Å². The highest BCUT2D eigenvalue weighted by Gasteiger charge is 2.22. The average Bonchev–Trinajstić information content (AvgIpc) is 2.95. The van der Waals surface area contributed by atoms with Crippen molar-refractivity contribution in [3.8, 4) is 11.8 Å². The van der Waals surface area contributed by atoms with Gasteiger partial charge in [0, 0.05) is 42.4 Å². The molecule has 1 atom stereocenters. The smallest absolute Gasteiger partial charge is 0.298 e. The Kier molecular flexibility index (Phi) is 10.3. The van der Waals surface area contributed by atoms with E-state index in [9.17, 15) is 19.2 Å². The number of nitrogens with zero attached hydrogens (tertiary/aromatic N) is 3. The van der Waals surface area contributed by atoms with Crippen LogP contribution in [0.3, 0.4) is 0 Å². The first-order valence-corrected chi connectivity index (χ1v) is 12.8. The largest absolute Gasteiger partial charge is 0.369 e. The van der Waals surface area contributed by atoms with Crippen molar-refractivity contribution in [2.45, 2.75) is 33.2 Å². The van der Waals surface area contributed by atoms with Crippen LogP contribution in [0.4, 0.5) is 28.8 Å². The second-order valence-corrected chi connectivity index (χ2v) is 8.94. The third-order valence-corrected chi connectivity index (χ3v) is 5.90. The van der Waals surface area contributed by atoms with Crippen LogP contribution in [-0.4, -0.2) is 58.1 Å². The lowest BCUT2D eigenvalue weighted by atomic mass is 10.2. The second-order valence-electron chi connectivity index (χ2n) is 8.94. The van der Waals surface area contributed by atoms with Gasteiger partial charge in [-0.1, -0.05) is 18.9 Å². The summed E-state index contributed by atoms with van der Waals surface area (Å²) in [6.07, 6.45) is 2.20. The Morgan fingerprint density at radius 2 is 1.71 bits per heavy atom. The number of aromatic nitrogens is 2. The Labute approximate surface area is 238 Å². The van der Waals surface area contributed by atoms with Gasteiger partial charge in [0.05, 0.1) is 0 Å². The zero-order chi connectivity index (χ0) is 29.9. The second kappa shape index (κ2) is 14.1. The molecule has 0 aliphatic rings. The molecule has 0 aliphatic carbocycles. The fraction of sp³-hybridized carbons (Fsp3) is 0.241. The van der Waals surface area contributed by atoms with Gasteiger partial charge in [-0.2, -0.15) is 4.98 Å². The van der Waals surface area contributed by atoms with E-state index in [-0.39, 0.29) is 11.5 Å². The van der Waals surface area contributed by atoms with Crippen molar-refractivity contribution < 1.29 is 19.2 Å². The summed E-state index contributed by atoms with van der Waals surface area (Å²) in [7, 11) is 1.50. The third-order valence-electron chi connectivity index (χ3n) is 5.90. The van der Waals surface area contributed by atoms with E-state index in [1.54, 1.807) is 62.4 Å². The maximum Gasteiger partial charge on any atom is 0.298 e. The monoisotopic (exact) mass is 556 g/mol. The summed E-state index contributed by atoms with van der Waals surface area (Å²) >= 11 is 0. The van der Waals surface area contributed by atoms with Gasteiger partial charge in [-0.3, -0.25) is 19.2 Å². The average molecular weight is 557 g/mol. The quantitative estimate of drug-likeness (QED) is 0.224. The molecule has 6 N–H and O–H groups in total. The van der Waals surface area contributed by atoms with Crippen molar-refractivity contribution in [2.75, 3.05) is 34.9 Å². The highest BCUT2D eigenvalue weighted by Crippen LogP contribution is 2.21. The number of hydrogen-bond acceptors (Lipinski definition) is 8. The minimum atomic E-state index is -0.765. The fourth-order valence-corrected chi connectivity index (χ4v) is 3.50. The first-order chi connectivity index (χ1) is 19.6. The lowest BCUT2D eigenvalue weighted by molar-refractivity contribution is -0.132. The predicted octanol–water partition coefficient (Wildman–Crippen LogP) is 3.20. The number of carbonyl (C=O) groups is 4. The van der Waals surface area contributed by atoms with Crippen molar-refractivity contribution in [3.63, 3.8) is 0 Å². The number of benzene rings is 2. The summed E-state index contributed by atoms with van der Waals surface area (Å²) in [4.78, 5) is 59.1. The molecule has 3 aromatic rings. The van der Waals surface area contributed by atoms with Crippen molar-refractivity contribution in [1.82, 2.24) is 14.9 Å². The first-order valence-electron chi connectivity index (χ1n) is 12.8. The molecule has 0 saturated heterocycles.